The van der Waals surface area contributed by atoms with Gasteiger partial charge in [-0.3, -0.25) is 19.3 Å². The molecule has 0 unspecified atom stereocenters. The van der Waals surface area contributed by atoms with Gasteiger partial charge >= 0.3 is 0 Å². The van der Waals surface area contributed by atoms with Gasteiger partial charge < -0.3 is 14.8 Å². The highest BCUT2D eigenvalue weighted by molar-refractivity contribution is 6.32. The summed E-state index contributed by atoms with van der Waals surface area (Å²) in [5.74, 6) is -1.00. The maximum Gasteiger partial charge on any atom is 0.265 e. The summed E-state index contributed by atoms with van der Waals surface area (Å²) in [5.41, 5.74) is 0.604. The molecular formula is C21H20ClFN2O5. The number of Topliss-reactive ketones (excluding diaryl/α,β-unsaturated/α-hetero) is 1. The summed E-state index contributed by atoms with van der Waals surface area (Å²) < 4.78 is 23.9. The van der Waals surface area contributed by atoms with Crippen molar-refractivity contribution in [1.29, 1.82) is 0 Å². The van der Waals surface area contributed by atoms with Crippen LogP contribution >= 0.6 is 11.6 Å². The van der Waals surface area contributed by atoms with Crippen LogP contribution in [-0.4, -0.2) is 43.9 Å². The topological polar surface area (TPSA) is 84.9 Å². The lowest BCUT2D eigenvalue weighted by Crippen LogP contribution is -2.45. The van der Waals surface area contributed by atoms with Crippen LogP contribution in [0.2, 0.25) is 5.02 Å². The van der Waals surface area contributed by atoms with Crippen LogP contribution in [0.5, 0.6) is 11.5 Å². The second-order valence-corrected chi connectivity index (χ2v) is 6.99. The zero-order chi connectivity index (χ0) is 21.7. The molecule has 0 saturated heterocycles. The van der Waals surface area contributed by atoms with Crippen molar-refractivity contribution in [3.8, 4) is 11.5 Å². The van der Waals surface area contributed by atoms with E-state index in [0.717, 1.165) is 12.5 Å². The number of amides is 2. The molecule has 1 N–H and O–H groups in total. The lowest BCUT2D eigenvalue weighted by molar-refractivity contribution is -0.125. The Kier molecular flexibility index (Phi) is 6.89. The van der Waals surface area contributed by atoms with Gasteiger partial charge in [-0.15, -0.1) is 0 Å². The van der Waals surface area contributed by atoms with Crippen LogP contribution in [0.15, 0.2) is 36.4 Å². The highest BCUT2D eigenvalue weighted by Crippen LogP contribution is 2.33. The number of hydrogen-bond donors (Lipinski definition) is 1. The molecule has 2 aromatic carbocycles. The monoisotopic (exact) mass is 434 g/mol. The molecule has 0 radical (unpaired) electrons. The maximum absolute atomic E-state index is 13.1. The van der Waals surface area contributed by atoms with Crippen LogP contribution in [0.4, 0.5) is 10.1 Å². The first-order valence-corrected chi connectivity index (χ1v) is 9.71. The molecule has 0 atom stereocenters. The van der Waals surface area contributed by atoms with E-state index >= 15 is 0 Å². The number of halogens is 2. The molecule has 2 amide bonds. The van der Waals surface area contributed by atoms with Crippen molar-refractivity contribution >= 4 is 34.9 Å². The van der Waals surface area contributed by atoms with E-state index in [-0.39, 0.29) is 53.7 Å². The second kappa shape index (κ2) is 9.58. The summed E-state index contributed by atoms with van der Waals surface area (Å²) in [6, 6.07) is 8.19. The zero-order valence-electron chi connectivity index (χ0n) is 16.2. The molecule has 0 aliphatic carbocycles. The summed E-state index contributed by atoms with van der Waals surface area (Å²) >= 11 is 5.90. The average Bonchev–Trinajstić information content (AvgIpc) is 2.73. The Bertz CT molecular complexity index is 982. The van der Waals surface area contributed by atoms with E-state index in [1.165, 1.54) is 23.1 Å². The number of hydrogen-bond acceptors (Lipinski definition) is 5. The lowest BCUT2D eigenvalue weighted by Gasteiger charge is -2.29. The Balaban J connectivity index is 1.75. The van der Waals surface area contributed by atoms with Gasteiger partial charge in [0.25, 0.3) is 5.91 Å². The fourth-order valence-corrected chi connectivity index (χ4v) is 3.05. The molecule has 0 saturated carbocycles. The number of ether oxygens (including phenoxy) is 2. The number of carbonyl (C=O) groups is 3. The minimum absolute atomic E-state index is 0.0523. The average molecular weight is 435 g/mol. The van der Waals surface area contributed by atoms with Gasteiger partial charge in [-0.1, -0.05) is 18.5 Å². The first-order valence-electron chi connectivity index (χ1n) is 9.34. The van der Waals surface area contributed by atoms with Crippen LogP contribution < -0.4 is 19.7 Å². The van der Waals surface area contributed by atoms with Crippen molar-refractivity contribution in [3.05, 3.63) is 52.8 Å². The molecule has 30 heavy (non-hydrogen) atoms. The van der Waals surface area contributed by atoms with Crippen LogP contribution in [0.3, 0.4) is 0 Å². The number of ketones is 1. The van der Waals surface area contributed by atoms with Gasteiger partial charge in [0.2, 0.25) is 5.91 Å². The van der Waals surface area contributed by atoms with E-state index in [9.17, 15) is 18.8 Å². The highest BCUT2D eigenvalue weighted by Gasteiger charge is 2.28. The Hall–Kier alpha value is -3.13. The first kappa shape index (κ1) is 21.6. The van der Waals surface area contributed by atoms with E-state index in [2.05, 4.69) is 5.32 Å². The predicted octanol–water partition coefficient (Wildman–Crippen LogP) is 2.99. The summed E-state index contributed by atoms with van der Waals surface area (Å²) in [5, 5.41) is 2.77. The molecule has 158 valence electrons. The van der Waals surface area contributed by atoms with Crippen LogP contribution in [-0.2, 0) is 9.59 Å². The number of anilines is 1. The molecule has 0 bridgehead atoms. The van der Waals surface area contributed by atoms with Gasteiger partial charge in [-0.25, -0.2) is 4.39 Å². The number of fused-ring (bicyclic) bond motifs is 1. The number of nitrogens with one attached hydrogen (secondary N) is 1. The predicted molar refractivity (Wildman–Crippen MR) is 109 cm³/mol. The van der Waals surface area contributed by atoms with Crippen molar-refractivity contribution in [2.24, 2.45) is 0 Å². The first-order chi connectivity index (χ1) is 14.4. The third-order valence-electron chi connectivity index (χ3n) is 4.35. The van der Waals surface area contributed by atoms with Crippen molar-refractivity contribution in [2.45, 2.75) is 13.3 Å². The number of nitrogens with zero attached hydrogens (tertiary/aromatic N) is 1. The maximum atomic E-state index is 13.1. The molecule has 0 spiro atoms. The van der Waals surface area contributed by atoms with E-state index in [0.29, 0.717) is 18.0 Å². The van der Waals surface area contributed by atoms with Crippen molar-refractivity contribution in [3.63, 3.8) is 0 Å². The molecule has 0 fully saturated rings. The van der Waals surface area contributed by atoms with Crippen molar-refractivity contribution in [2.75, 3.05) is 31.2 Å². The van der Waals surface area contributed by atoms with E-state index in [1.807, 2.05) is 6.92 Å². The Morgan fingerprint density at radius 1 is 1.27 bits per heavy atom. The van der Waals surface area contributed by atoms with Gasteiger partial charge in [0, 0.05) is 12.1 Å². The Morgan fingerprint density at radius 2 is 2.07 bits per heavy atom. The molecule has 3 rings (SSSR count). The molecule has 1 aliphatic rings. The van der Waals surface area contributed by atoms with Crippen molar-refractivity contribution < 1.29 is 28.2 Å². The molecule has 7 nitrogen and oxygen atoms in total. The van der Waals surface area contributed by atoms with E-state index in [4.69, 9.17) is 21.1 Å². The van der Waals surface area contributed by atoms with E-state index < -0.39 is 5.82 Å². The lowest BCUT2D eigenvalue weighted by atomic mass is 10.1. The van der Waals surface area contributed by atoms with Gasteiger partial charge in [0.15, 0.2) is 19.0 Å². The smallest absolute Gasteiger partial charge is 0.265 e. The van der Waals surface area contributed by atoms with E-state index in [1.54, 1.807) is 12.1 Å². The zero-order valence-corrected chi connectivity index (χ0v) is 17.0. The third-order valence-corrected chi connectivity index (χ3v) is 4.65. The number of benzene rings is 2. The van der Waals surface area contributed by atoms with Crippen LogP contribution in [0, 0.1) is 5.82 Å². The minimum Gasteiger partial charge on any atom is -0.484 e. The van der Waals surface area contributed by atoms with Gasteiger partial charge in [-0.2, -0.15) is 0 Å². The molecule has 0 aromatic heterocycles. The molecule has 1 aliphatic heterocycles. The van der Waals surface area contributed by atoms with Crippen molar-refractivity contribution in [1.82, 2.24) is 5.32 Å². The van der Waals surface area contributed by atoms with Crippen LogP contribution in [0.1, 0.15) is 23.7 Å². The van der Waals surface area contributed by atoms with Gasteiger partial charge in [0.05, 0.1) is 10.7 Å². The standard InChI is InChI=1S/C21H20ClFN2O5/c1-2-7-24-20(27)10-25-16-8-13(3-5-19(16)30-12-21(25)28)17(26)11-29-18-6-4-14(23)9-15(18)22/h3-6,8-9H,2,7,10-12H2,1H3,(H,24,27). The quantitative estimate of drug-likeness (QED) is 0.645. The summed E-state index contributed by atoms with van der Waals surface area (Å²) in [6.45, 7) is 1.73. The van der Waals surface area contributed by atoms with Gasteiger partial charge in [0.1, 0.15) is 23.9 Å². The SMILES string of the molecule is CCCNC(=O)CN1C(=O)COc2ccc(C(=O)COc3ccc(F)cc3Cl)cc21. The molecule has 1 heterocycles. The fourth-order valence-electron chi connectivity index (χ4n) is 2.83. The number of rotatable bonds is 8. The number of carbonyl (C=O) groups excluding carboxylic acids is 3. The van der Waals surface area contributed by atoms with Crippen LogP contribution in [0.25, 0.3) is 0 Å². The minimum atomic E-state index is -0.513. The summed E-state index contributed by atoms with van der Waals surface area (Å²) in [4.78, 5) is 38.2. The molecule has 9 heteroatoms. The third kappa shape index (κ3) is 5.07. The normalized spacial score (nSPS) is 12.8. The fraction of sp³-hybridized carbons (Fsp3) is 0.286. The summed E-state index contributed by atoms with van der Waals surface area (Å²) in [7, 11) is 0. The Morgan fingerprint density at radius 3 is 2.80 bits per heavy atom. The second-order valence-electron chi connectivity index (χ2n) is 6.59. The van der Waals surface area contributed by atoms with Gasteiger partial charge in [-0.05, 0) is 42.8 Å². The highest BCUT2D eigenvalue weighted by atomic mass is 35.5. The largest absolute Gasteiger partial charge is 0.484 e. The molecular weight excluding hydrogens is 415 g/mol. The Labute approximate surface area is 177 Å². The summed E-state index contributed by atoms with van der Waals surface area (Å²) in [6.07, 6.45) is 0.774. The molecule has 2 aromatic rings.